The first-order chi connectivity index (χ1) is 12.1. The zero-order valence-corrected chi connectivity index (χ0v) is 14.7. The lowest BCUT2D eigenvalue weighted by atomic mass is 10.2. The van der Waals surface area contributed by atoms with Crippen LogP contribution in [0.1, 0.15) is 16.1 Å². The molecule has 0 spiro atoms. The molecule has 1 amide bonds. The van der Waals surface area contributed by atoms with Crippen LogP contribution in [0.3, 0.4) is 0 Å². The molecule has 126 valence electrons. The van der Waals surface area contributed by atoms with Gasteiger partial charge in [0.05, 0.1) is 10.7 Å². The van der Waals surface area contributed by atoms with Crippen molar-refractivity contribution in [2.45, 2.75) is 6.54 Å². The summed E-state index contributed by atoms with van der Waals surface area (Å²) in [5, 5.41) is 7.21. The van der Waals surface area contributed by atoms with Crippen LogP contribution in [0.4, 0.5) is 11.4 Å². The zero-order valence-electron chi connectivity index (χ0n) is 13.2. The summed E-state index contributed by atoms with van der Waals surface area (Å²) in [5.74, 6) is -0.275. The van der Waals surface area contributed by atoms with Crippen molar-refractivity contribution in [3.05, 3.63) is 88.2 Å². The predicted molar refractivity (Wildman–Crippen MR) is 102 cm³/mol. The summed E-state index contributed by atoms with van der Waals surface area (Å²) in [6, 6.07) is 18.2. The Balaban J connectivity index is 1.69. The summed E-state index contributed by atoms with van der Waals surface area (Å²) in [7, 11) is 0. The van der Waals surface area contributed by atoms with Crippen LogP contribution in [0.25, 0.3) is 0 Å². The van der Waals surface area contributed by atoms with Crippen molar-refractivity contribution in [2.24, 2.45) is 0 Å². The normalized spacial score (nSPS) is 10.3. The molecule has 1 aromatic heterocycles. The molecule has 0 radical (unpaired) electrons. The second-order valence-corrected chi connectivity index (χ2v) is 6.12. The third-order valence-electron chi connectivity index (χ3n) is 3.54. The van der Waals surface area contributed by atoms with Gasteiger partial charge in [-0.15, -0.1) is 0 Å². The molecule has 0 saturated carbocycles. The zero-order chi connectivity index (χ0) is 17.6. The van der Waals surface area contributed by atoms with Gasteiger partial charge in [-0.25, -0.2) is 0 Å². The number of nitrogens with one attached hydrogen (secondary N) is 2. The standard InChI is InChI=1S/C19H15Cl2N3O/c20-15-6-2-1-5-13(15)12-23-19(25)18-11-14(9-10-22-18)24-17-8-4-3-7-16(17)21/h1-11H,12H2,(H,22,24)(H,23,25). The number of carbonyl (C=O) groups is 1. The maximum Gasteiger partial charge on any atom is 0.270 e. The number of benzene rings is 2. The largest absolute Gasteiger partial charge is 0.354 e. The lowest BCUT2D eigenvalue weighted by molar-refractivity contribution is 0.0946. The van der Waals surface area contributed by atoms with E-state index in [1.165, 1.54) is 0 Å². The molecule has 2 N–H and O–H groups in total. The fourth-order valence-electron chi connectivity index (χ4n) is 2.26. The summed E-state index contributed by atoms with van der Waals surface area (Å²) < 4.78 is 0. The number of aromatic nitrogens is 1. The van der Waals surface area contributed by atoms with Crippen LogP contribution in [0, 0.1) is 0 Å². The third kappa shape index (κ3) is 4.50. The summed E-state index contributed by atoms with van der Waals surface area (Å²) in [5.41, 5.74) is 2.65. The van der Waals surface area contributed by atoms with Gasteiger partial charge in [-0.3, -0.25) is 9.78 Å². The van der Waals surface area contributed by atoms with Gasteiger partial charge in [-0.1, -0.05) is 53.5 Å². The molecule has 0 aliphatic heterocycles. The lowest BCUT2D eigenvalue weighted by Gasteiger charge is -2.10. The van der Waals surface area contributed by atoms with Crippen molar-refractivity contribution < 1.29 is 4.79 Å². The summed E-state index contributed by atoms with van der Waals surface area (Å²) in [4.78, 5) is 16.5. The van der Waals surface area contributed by atoms with Crippen LogP contribution in [0.15, 0.2) is 66.9 Å². The third-order valence-corrected chi connectivity index (χ3v) is 4.24. The molecular formula is C19H15Cl2N3O. The number of nitrogens with zero attached hydrogens (tertiary/aromatic N) is 1. The Bertz CT molecular complexity index is 899. The van der Waals surface area contributed by atoms with Crippen LogP contribution in [0.5, 0.6) is 0 Å². The number of rotatable bonds is 5. The Morgan fingerprint density at radius 1 is 0.960 bits per heavy atom. The maximum absolute atomic E-state index is 12.3. The van der Waals surface area contributed by atoms with Crippen LogP contribution < -0.4 is 10.6 Å². The molecule has 0 aliphatic carbocycles. The van der Waals surface area contributed by atoms with Gasteiger partial charge in [0.2, 0.25) is 0 Å². The van der Waals surface area contributed by atoms with Gasteiger partial charge in [-0.05, 0) is 35.9 Å². The van der Waals surface area contributed by atoms with Gasteiger partial charge < -0.3 is 10.6 Å². The SMILES string of the molecule is O=C(NCc1ccccc1Cl)c1cc(Nc2ccccc2Cl)ccn1. The van der Waals surface area contributed by atoms with E-state index in [1.54, 1.807) is 30.5 Å². The van der Waals surface area contributed by atoms with Crippen molar-refractivity contribution in [1.29, 1.82) is 0 Å². The minimum absolute atomic E-state index is 0.275. The Morgan fingerprint density at radius 2 is 1.68 bits per heavy atom. The van der Waals surface area contributed by atoms with Crippen LogP contribution in [-0.4, -0.2) is 10.9 Å². The van der Waals surface area contributed by atoms with Gasteiger partial charge in [0.1, 0.15) is 5.69 Å². The minimum atomic E-state index is -0.275. The van der Waals surface area contributed by atoms with Gasteiger partial charge in [-0.2, -0.15) is 0 Å². The number of para-hydroxylation sites is 1. The molecule has 1 heterocycles. The molecule has 3 rings (SSSR count). The topological polar surface area (TPSA) is 54.0 Å². The molecule has 25 heavy (non-hydrogen) atoms. The van der Waals surface area contributed by atoms with Gasteiger partial charge in [0.15, 0.2) is 0 Å². The second-order valence-electron chi connectivity index (χ2n) is 5.31. The molecule has 2 aromatic carbocycles. The van der Waals surface area contributed by atoms with Crippen molar-refractivity contribution in [2.75, 3.05) is 5.32 Å². The molecule has 0 saturated heterocycles. The average molecular weight is 372 g/mol. The monoisotopic (exact) mass is 371 g/mol. The van der Waals surface area contributed by atoms with Crippen molar-refractivity contribution >= 4 is 40.5 Å². The summed E-state index contributed by atoms with van der Waals surface area (Å²) in [6.45, 7) is 0.336. The maximum atomic E-state index is 12.3. The van der Waals surface area contributed by atoms with E-state index < -0.39 is 0 Å². The number of anilines is 2. The fraction of sp³-hybridized carbons (Fsp3) is 0.0526. The molecule has 0 fully saturated rings. The van der Waals surface area contributed by atoms with E-state index in [1.807, 2.05) is 36.4 Å². The molecule has 3 aromatic rings. The molecule has 0 aliphatic rings. The van der Waals surface area contributed by atoms with Gasteiger partial charge >= 0.3 is 0 Å². The number of halogens is 2. The molecule has 0 bridgehead atoms. The molecule has 4 nitrogen and oxygen atoms in total. The highest BCUT2D eigenvalue weighted by Gasteiger charge is 2.09. The predicted octanol–water partition coefficient (Wildman–Crippen LogP) is 5.06. The highest BCUT2D eigenvalue weighted by atomic mass is 35.5. The van der Waals surface area contributed by atoms with Crippen molar-refractivity contribution in [3.8, 4) is 0 Å². The van der Waals surface area contributed by atoms with Crippen molar-refractivity contribution in [1.82, 2.24) is 10.3 Å². The number of hydrogen-bond acceptors (Lipinski definition) is 3. The lowest BCUT2D eigenvalue weighted by Crippen LogP contribution is -2.24. The smallest absolute Gasteiger partial charge is 0.270 e. The summed E-state index contributed by atoms with van der Waals surface area (Å²) >= 11 is 12.2. The highest BCUT2D eigenvalue weighted by molar-refractivity contribution is 6.33. The van der Waals surface area contributed by atoms with E-state index in [0.717, 1.165) is 16.9 Å². The van der Waals surface area contributed by atoms with E-state index in [9.17, 15) is 4.79 Å². The van der Waals surface area contributed by atoms with Crippen LogP contribution in [-0.2, 0) is 6.54 Å². The first-order valence-corrected chi connectivity index (χ1v) is 8.38. The fourth-order valence-corrected chi connectivity index (χ4v) is 2.64. The molecule has 0 atom stereocenters. The van der Waals surface area contributed by atoms with E-state index >= 15 is 0 Å². The van der Waals surface area contributed by atoms with E-state index in [-0.39, 0.29) is 5.91 Å². The number of hydrogen-bond donors (Lipinski definition) is 2. The van der Waals surface area contributed by atoms with E-state index in [0.29, 0.717) is 22.3 Å². The Morgan fingerprint density at radius 3 is 2.44 bits per heavy atom. The van der Waals surface area contributed by atoms with E-state index in [4.69, 9.17) is 23.2 Å². The quantitative estimate of drug-likeness (QED) is 0.658. The number of amides is 1. The minimum Gasteiger partial charge on any atom is -0.354 e. The van der Waals surface area contributed by atoms with E-state index in [2.05, 4.69) is 15.6 Å². The van der Waals surface area contributed by atoms with Gasteiger partial charge in [0.25, 0.3) is 5.91 Å². The highest BCUT2D eigenvalue weighted by Crippen LogP contribution is 2.24. The Hall–Kier alpha value is -2.56. The molecule has 0 unspecified atom stereocenters. The summed E-state index contributed by atoms with van der Waals surface area (Å²) in [6.07, 6.45) is 1.57. The molecular weight excluding hydrogens is 357 g/mol. The van der Waals surface area contributed by atoms with Crippen LogP contribution in [0.2, 0.25) is 10.0 Å². The Kier molecular flexibility index (Phi) is 5.53. The molecule has 6 heteroatoms. The first-order valence-electron chi connectivity index (χ1n) is 7.63. The number of carbonyl (C=O) groups excluding carboxylic acids is 1. The van der Waals surface area contributed by atoms with Gasteiger partial charge in [0, 0.05) is 23.5 Å². The first kappa shape index (κ1) is 17.3. The number of pyridine rings is 1. The van der Waals surface area contributed by atoms with Crippen LogP contribution >= 0.6 is 23.2 Å². The second kappa shape index (κ2) is 8.01. The average Bonchev–Trinajstić information content (AvgIpc) is 2.63. The van der Waals surface area contributed by atoms with Crippen molar-refractivity contribution in [3.63, 3.8) is 0 Å². The Labute approximate surface area is 155 Å².